The molecule has 1 aromatic heterocycles. The topological polar surface area (TPSA) is 47.3 Å². The number of oxazole rings is 1. The maximum absolute atomic E-state index is 6.07. The van der Waals surface area contributed by atoms with Gasteiger partial charge in [-0.25, -0.2) is 4.98 Å². The van der Waals surface area contributed by atoms with E-state index in [0.717, 1.165) is 5.52 Å². The van der Waals surface area contributed by atoms with Gasteiger partial charge in [-0.05, 0) is 19.2 Å². The number of benzene rings is 1. The van der Waals surface area contributed by atoms with E-state index >= 15 is 0 Å². The third kappa shape index (κ3) is 1.82. The lowest BCUT2D eigenvalue weighted by Gasteiger charge is -2.12. The number of nitrogens with zero attached hydrogens (tertiary/aromatic N) is 1. The van der Waals surface area contributed by atoms with E-state index in [4.69, 9.17) is 20.8 Å². The molecule has 2 aromatic rings. The lowest BCUT2D eigenvalue weighted by atomic mass is 10.0. The van der Waals surface area contributed by atoms with Gasteiger partial charge in [-0.2, -0.15) is 0 Å². The normalized spacial score (nSPS) is 24.6. The van der Waals surface area contributed by atoms with Gasteiger partial charge >= 0.3 is 0 Å². The lowest BCUT2D eigenvalue weighted by molar-refractivity contribution is 0.186. The van der Waals surface area contributed by atoms with Gasteiger partial charge in [0.2, 0.25) is 5.89 Å². The molecule has 1 aliphatic rings. The molecule has 1 saturated heterocycles. The summed E-state index contributed by atoms with van der Waals surface area (Å²) in [5.74, 6) is 0.855. The molecule has 5 heteroatoms. The van der Waals surface area contributed by atoms with Gasteiger partial charge in [0.1, 0.15) is 5.52 Å². The summed E-state index contributed by atoms with van der Waals surface area (Å²) in [6, 6.07) is 5.83. The predicted molar refractivity (Wildman–Crippen MR) is 65.4 cm³/mol. The number of halogens is 1. The first-order chi connectivity index (χ1) is 8.29. The van der Waals surface area contributed by atoms with Crippen molar-refractivity contribution in [1.82, 2.24) is 10.3 Å². The Bertz CT molecular complexity index is 540. The largest absolute Gasteiger partial charge is 0.439 e. The Morgan fingerprint density at radius 3 is 3.06 bits per heavy atom. The fourth-order valence-corrected chi connectivity index (χ4v) is 2.38. The van der Waals surface area contributed by atoms with Gasteiger partial charge in [-0.3, -0.25) is 0 Å². The van der Waals surface area contributed by atoms with Gasteiger partial charge in [-0.15, -0.1) is 0 Å². The number of fused-ring (bicyclic) bond motifs is 1. The third-order valence-corrected chi connectivity index (χ3v) is 3.45. The van der Waals surface area contributed by atoms with Crippen molar-refractivity contribution >= 4 is 22.7 Å². The van der Waals surface area contributed by atoms with E-state index in [0.29, 0.717) is 29.7 Å². The van der Waals surface area contributed by atoms with Gasteiger partial charge in [0.15, 0.2) is 5.58 Å². The molecule has 90 valence electrons. The summed E-state index contributed by atoms with van der Waals surface area (Å²) in [6.07, 6.45) is 0. The van der Waals surface area contributed by atoms with E-state index in [2.05, 4.69) is 10.3 Å². The Morgan fingerprint density at radius 1 is 1.41 bits per heavy atom. The Hall–Kier alpha value is -1.10. The summed E-state index contributed by atoms with van der Waals surface area (Å²) in [5.41, 5.74) is 1.46. The number of nitrogens with one attached hydrogen (secondary N) is 1. The first-order valence-electron chi connectivity index (χ1n) is 5.59. The summed E-state index contributed by atoms with van der Waals surface area (Å²) >= 11 is 6.07. The average molecular weight is 253 g/mol. The van der Waals surface area contributed by atoms with Crippen LogP contribution in [0.4, 0.5) is 0 Å². The Balaban J connectivity index is 2.03. The highest BCUT2D eigenvalue weighted by molar-refractivity contribution is 6.34. The van der Waals surface area contributed by atoms with Crippen molar-refractivity contribution in [3.05, 3.63) is 29.1 Å². The molecular formula is C12H13ClN2O2. The van der Waals surface area contributed by atoms with Crippen LogP contribution >= 0.6 is 11.6 Å². The predicted octanol–water partition coefficient (Wildman–Crippen LogP) is 2.18. The first-order valence-corrected chi connectivity index (χ1v) is 5.97. The zero-order chi connectivity index (χ0) is 11.8. The molecule has 2 atom stereocenters. The molecule has 1 fully saturated rings. The van der Waals surface area contributed by atoms with Crippen LogP contribution in [0.15, 0.2) is 22.6 Å². The van der Waals surface area contributed by atoms with E-state index in [9.17, 15) is 0 Å². The van der Waals surface area contributed by atoms with Gasteiger partial charge in [0.05, 0.1) is 24.2 Å². The molecule has 0 bridgehead atoms. The second-order valence-electron chi connectivity index (χ2n) is 4.18. The molecule has 0 aliphatic carbocycles. The number of aromatic nitrogens is 1. The number of rotatable bonds is 2. The summed E-state index contributed by atoms with van der Waals surface area (Å²) in [7, 11) is 1.92. The van der Waals surface area contributed by atoms with Crippen molar-refractivity contribution in [2.45, 2.75) is 12.0 Å². The summed E-state index contributed by atoms with van der Waals surface area (Å²) in [6.45, 7) is 1.32. The van der Waals surface area contributed by atoms with E-state index in [1.54, 1.807) is 6.07 Å². The zero-order valence-electron chi connectivity index (χ0n) is 9.44. The quantitative estimate of drug-likeness (QED) is 0.890. The Kier molecular flexibility index (Phi) is 2.78. The van der Waals surface area contributed by atoms with Crippen molar-refractivity contribution in [3.63, 3.8) is 0 Å². The maximum atomic E-state index is 6.07. The van der Waals surface area contributed by atoms with Gasteiger partial charge in [0, 0.05) is 6.04 Å². The van der Waals surface area contributed by atoms with Crippen LogP contribution in [0.25, 0.3) is 11.1 Å². The molecule has 0 radical (unpaired) electrons. The van der Waals surface area contributed by atoms with E-state index in [-0.39, 0.29) is 12.0 Å². The van der Waals surface area contributed by atoms with Crippen LogP contribution < -0.4 is 5.32 Å². The fourth-order valence-electron chi connectivity index (χ4n) is 2.17. The number of hydrogen-bond donors (Lipinski definition) is 1. The van der Waals surface area contributed by atoms with Crippen molar-refractivity contribution in [1.29, 1.82) is 0 Å². The minimum Gasteiger partial charge on any atom is -0.439 e. The van der Waals surface area contributed by atoms with E-state index in [1.807, 2.05) is 19.2 Å². The van der Waals surface area contributed by atoms with Gasteiger partial charge in [0.25, 0.3) is 0 Å². The van der Waals surface area contributed by atoms with Gasteiger partial charge in [-0.1, -0.05) is 17.7 Å². The van der Waals surface area contributed by atoms with E-state index in [1.165, 1.54) is 0 Å². The zero-order valence-corrected chi connectivity index (χ0v) is 10.2. The molecule has 0 amide bonds. The van der Waals surface area contributed by atoms with Gasteiger partial charge < -0.3 is 14.5 Å². The monoisotopic (exact) mass is 252 g/mol. The van der Waals surface area contributed by atoms with Crippen molar-refractivity contribution in [2.24, 2.45) is 0 Å². The smallest absolute Gasteiger partial charge is 0.202 e. The molecule has 2 unspecified atom stereocenters. The molecule has 1 N–H and O–H groups in total. The highest BCUT2D eigenvalue weighted by atomic mass is 35.5. The molecular weight excluding hydrogens is 240 g/mol. The summed E-state index contributed by atoms with van der Waals surface area (Å²) in [5, 5.41) is 3.81. The SMILES string of the molecule is CNC1COCC1c1nc2cccc(Cl)c2o1. The molecule has 0 spiro atoms. The fraction of sp³-hybridized carbons (Fsp3) is 0.417. The highest BCUT2D eigenvalue weighted by Gasteiger charge is 2.32. The van der Waals surface area contributed by atoms with E-state index < -0.39 is 0 Å². The number of para-hydroxylation sites is 1. The van der Waals surface area contributed by atoms with Crippen LogP contribution in [0, 0.1) is 0 Å². The minimum absolute atomic E-state index is 0.156. The number of ether oxygens (including phenoxy) is 1. The van der Waals surface area contributed by atoms with Crippen LogP contribution in [-0.2, 0) is 4.74 Å². The third-order valence-electron chi connectivity index (χ3n) is 3.15. The molecule has 3 rings (SSSR count). The highest BCUT2D eigenvalue weighted by Crippen LogP contribution is 2.30. The Morgan fingerprint density at radius 2 is 2.29 bits per heavy atom. The molecule has 4 nitrogen and oxygen atoms in total. The Labute approximate surface area is 104 Å². The second kappa shape index (κ2) is 4.29. The number of hydrogen-bond acceptors (Lipinski definition) is 4. The van der Waals surface area contributed by atoms with Crippen molar-refractivity contribution in [3.8, 4) is 0 Å². The lowest BCUT2D eigenvalue weighted by Crippen LogP contribution is -2.31. The second-order valence-corrected chi connectivity index (χ2v) is 4.59. The van der Waals surface area contributed by atoms with Crippen LogP contribution in [-0.4, -0.2) is 31.3 Å². The molecule has 1 aromatic carbocycles. The molecule has 17 heavy (non-hydrogen) atoms. The maximum Gasteiger partial charge on any atom is 0.202 e. The van der Waals surface area contributed by atoms with Crippen LogP contribution in [0.5, 0.6) is 0 Å². The van der Waals surface area contributed by atoms with Crippen LogP contribution in [0.3, 0.4) is 0 Å². The van der Waals surface area contributed by atoms with Crippen LogP contribution in [0.1, 0.15) is 11.8 Å². The molecule has 2 heterocycles. The number of likely N-dealkylation sites (N-methyl/N-ethyl adjacent to an activating group) is 1. The standard InChI is InChI=1S/C12H13ClN2O2/c1-14-10-6-16-5-7(10)12-15-9-4-2-3-8(13)11(9)17-12/h2-4,7,10,14H,5-6H2,1H3. The summed E-state index contributed by atoms with van der Waals surface area (Å²) < 4.78 is 11.2. The first kappa shape index (κ1) is 11.0. The average Bonchev–Trinajstić information content (AvgIpc) is 2.94. The summed E-state index contributed by atoms with van der Waals surface area (Å²) in [4.78, 5) is 4.48. The molecule has 0 saturated carbocycles. The van der Waals surface area contributed by atoms with Crippen LogP contribution in [0.2, 0.25) is 5.02 Å². The van der Waals surface area contributed by atoms with Crippen molar-refractivity contribution < 1.29 is 9.15 Å². The van der Waals surface area contributed by atoms with Crippen molar-refractivity contribution in [2.75, 3.05) is 20.3 Å². The molecule has 1 aliphatic heterocycles. The minimum atomic E-state index is 0.156.